The Labute approximate surface area is 158 Å². The first-order valence-corrected chi connectivity index (χ1v) is 8.50. The topological polar surface area (TPSA) is 85.9 Å². The van der Waals surface area contributed by atoms with Crippen LogP contribution in [0, 0.1) is 0 Å². The van der Waals surface area contributed by atoms with Crippen LogP contribution in [-0.2, 0) is 4.74 Å². The highest BCUT2D eigenvalue weighted by Gasteiger charge is 2.15. The Balaban J connectivity index is 2.13. The van der Waals surface area contributed by atoms with E-state index in [1.165, 1.54) is 14.2 Å². The van der Waals surface area contributed by atoms with E-state index in [2.05, 4.69) is 10.6 Å². The summed E-state index contributed by atoms with van der Waals surface area (Å²) in [4.78, 5) is 25.0. The molecule has 0 atom stereocenters. The van der Waals surface area contributed by atoms with Crippen molar-refractivity contribution in [3.63, 3.8) is 0 Å². The van der Waals surface area contributed by atoms with Crippen LogP contribution < -0.4 is 20.1 Å². The number of rotatable bonds is 9. The Morgan fingerprint density at radius 2 is 1.67 bits per heavy atom. The summed E-state index contributed by atoms with van der Waals surface area (Å²) in [6.45, 7) is 1.06. The van der Waals surface area contributed by atoms with Crippen LogP contribution in [-0.4, -0.2) is 46.3 Å². The SMILES string of the molecule is COCCCNC(=O)c1ccccc1NC(=O)c1ccc(OC)c(OC)c1. The molecule has 2 N–H and O–H groups in total. The van der Waals surface area contributed by atoms with Crippen LogP contribution in [0.4, 0.5) is 5.69 Å². The molecular formula is C20H24N2O5. The summed E-state index contributed by atoms with van der Waals surface area (Å²) in [5.74, 6) is 0.379. The van der Waals surface area contributed by atoms with Gasteiger partial charge in [0.15, 0.2) is 11.5 Å². The summed E-state index contributed by atoms with van der Waals surface area (Å²) < 4.78 is 15.4. The van der Waals surface area contributed by atoms with Gasteiger partial charge in [0.05, 0.1) is 25.5 Å². The van der Waals surface area contributed by atoms with Gasteiger partial charge < -0.3 is 24.8 Å². The van der Waals surface area contributed by atoms with Gasteiger partial charge in [0.25, 0.3) is 11.8 Å². The monoisotopic (exact) mass is 372 g/mol. The minimum atomic E-state index is -0.351. The summed E-state index contributed by atoms with van der Waals surface area (Å²) >= 11 is 0. The number of methoxy groups -OCH3 is 3. The zero-order chi connectivity index (χ0) is 19.6. The van der Waals surface area contributed by atoms with Gasteiger partial charge in [-0.15, -0.1) is 0 Å². The first-order valence-electron chi connectivity index (χ1n) is 8.50. The van der Waals surface area contributed by atoms with Crippen molar-refractivity contribution in [1.29, 1.82) is 0 Å². The molecule has 0 aliphatic carbocycles. The van der Waals surface area contributed by atoms with Crippen LogP contribution in [0.25, 0.3) is 0 Å². The number of hydrogen-bond donors (Lipinski definition) is 2. The lowest BCUT2D eigenvalue weighted by Gasteiger charge is -2.13. The van der Waals surface area contributed by atoms with Crippen LogP contribution in [0.1, 0.15) is 27.1 Å². The molecule has 0 radical (unpaired) electrons. The lowest BCUT2D eigenvalue weighted by atomic mass is 10.1. The van der Waals surface area contributed by atoms with Crippen molar-refractivity contribution in [2.45, 2.75) is 6.42 Å². The fourth-order valence-electron chi connectivity index (χ4n) is 2.48. The number of carbonyl (C=O) groups excluding carboxylic acids is 2. The van der Waals surface area contributed by atoms with Crippen LogP contribution in [0.3, 0.4) is 0 Å². The molecule has 0 aliphatic rings. The Bertz CT molecular complexity index is 792. The molecule has 7 heteroatoms. The van der Waals surface area contributed by atoms with Gasteiger partial charge in [-0.05, 0) is 36.8 Å². The fraction of sp³-hybridized carbons (Fsp3) is 0.300. The van der Waals surface area contributed by atoms with Gasteiger partial charge >= 0.3 is 0 Å². The summed E-state index contributed by atoms with van der Waals surface area (Å²) in [5, 5.41) is 5.59. The third-order valence-corrected chi connectivity index (χ3v) is 3.88. The summed E-state index contributed by atoms with van der Waals surface area (Å²) in [5.41, 5.74) is 1.22. The standard InChI is InChI=1S/C20H24N2O5/c1-25-12-6-11-21-20(24)15-7-4-5-8-16(15)22-19(23)14-9-10-17(26-2)18(13-14)27-3/h4-5,7-10,13H,6,11-12H2,1-3H3,(H,21,24)(H,22,23). The van der Waals surface area contributed by atoms with E-state index in [9.17, 15) is 9.59 Å². The van der Waals surface area contributed by atoms with Crippen LogP contribution in [0.15, 0.2) is 42.5 Å². The van der Waals surface area contributed by atoms with Crippen LogP contribution in [0.2, 0.25) is 0 Å². The van der Waals surface area contributed by atoms with E-state index in [-0.39, 0.29) is 11.8 Å². The number of hydrogen-bond acceptors (Lipinski definition) is 5. The molecule has 144 valence electrons. The molecule has 0 heterocycles. The number of carbonyl (C=O) groups is 2. The largest absolute Gasteiger partial charge is 0.493 e. The van der Waals surface area contributed by atoms with Gasteiger partial charge in [0, 0.05) is 25.8 Å². The molecular weight excluding hydrogens is 348 g/mol. The lowest BCUT2D eigenvalue weighted by Crippen LogP contribution is -2.26. The van der Waals surface area contributed by atoms with E-state index in [0.717, 1.165) is 0 Å². The van der Waals surface area contributed by atoms with Crippen molar-refractivity contribution >= 4 is 17.5 Å². The van der Waals surface area contributed by atoms with E-state index < -0.39 is 0 Å². The zero-order valence-corrected chi connectivity index (χ0v) is 15.7. The molecule has 27 heavy (non-hydrogen) atoms. The summed E-state index contributed by atoms with van der Waals surface area (Å²) in [6.07, 6.45) is 0.711. The van der Waals surface area contributed by atoms with E-state index >= 15 is 0 Å². The highest BCUT2D eigenvalue weighted by Crippen LogP contribution is 2.28. The van der Waals surface area contributed by atoms with Gasteiger partial charge in [0.2, 0.25) is 0 Å². The van der Waals surface area contributed by atoms with Gasteiger partial charge in [0.1, 0.15) is 0 Å². The molecule has 0 bridgehead atoms. The minimum absolute atomic E-state index is 0.255. The molecule has 0 fully saturated rings. The van der Waals surface area contributed by atoms with Crippen molar-refractivity contribution in [2.24, 2.45) is 0 Å². The smallest absolute Gasteiger partial charge is 0.255 e. The van der Waals surface area contributed by atoms with Gasteiger partial charge in [-0.3, -0.25) is 9.59 Å². The maximum absolute atomic E-state index is 12.6. The highest BCUT2D eigenvalue weighted by atomic mass is 16.5. The third kappa shape index (κ3) is 5.46. The minimum Gasteiger partial charge on any atom is -0.493 e. The molecule has 7 nitrogen and oxygen atoms in total. The van der Waals surface area contributed by atoms with E-state index in [1.807, 2.05) is 0 Å². The molecule has 2 amide bonds. The molecule has 2 aromatic carbocycles. The molecule has 0 spiro atoms. The van der Waals surface area contributed by atoms with Crippen LogP contribution >= 0.6 is 0 Å². The first kappa shape index (κ1) is 20.3. The van der Waals surface area contributed by atoms with Gasteiger partial charge in [-0.25, -0.2) is 0 Å². The Morgan fingerprint density at radius 1 is 0.926 bits per heavy atom. The second-order valence-electron chi connectivity index (χ2n) is 5.67. The second kappa shape index (κ2) is 10.2. The average molecular weight is 372 g/mol. The Kier molecular flexibility index (Phi) is 7.63. The predicted molar refractivity (Wildman–Crippen MR) is 103 cm³/mol. The molecule has 0 saturated heterocycles. The quantitative estimate of drug-likeness (QED) is 0.661. The molecule has 2 rings (SSSR count). The average Bonchev–Trinajstić information content (AvgIpc) is 2.70. The third-order valence-electron chi connectivity index (χ3n) is 3.88. The number of benzene rings is 2. The summed E-state index contributed by atoms with van der Waals surface area (Å²) in [7, 11) is 4.64. The van der Waals surface area contributed by atoms with Crippen molar-refractivity contribution in [3.8, 4) is 11.5 Å². The Hall–Kier alpha value is -3.06. The van der Waals surface area contributed by atoms with E-state index in [4.69, 9.17) is 14.2 Å². The Morgan fingerprint density at radius 3 is 2.37 bits per heavy atom. The lowest BCUT2D eigenvalue weighted by molar-refractivity contribution is 0.0949. The fourth-order valence-corrected chi connectivity index (χ4v) is 2.48. The predicted octanol–water partition coefficient (Wildman–Crippen LogP) is 2.72. The van der Waals surface area contributed by atoms with E-state index in [0.29, 0.717) is 47.9 Å². The van der Waals surface area contributed by atoms with E-state index in [1.54, 1.807) is 49.6 Å². The maximum Gasteiger partial charge on any atom is 0.255 e. The zero-order valence-electron chi connectivity index (χ0n) is 15.7. The number of ether oxygens (including phenoxy) is 3. The number of anilines is 1. The van der Waals surface area contributed by atoms with Crippen molar-refractivity contribution in [3.05, 3.63) is 53.6 Å². The normalized spacial score (nSPS) is 10.2. The number of amides is 2. The molecule has 0 saturated carbocycles. The first-order chi connectivity index (χ1) is 13.1. The molecule has 2 aromatic rings. The molecule has 0 aliphatic heterocycles. The number of para-hydroxylation sites is 1. The maximum atomic E-state index is 12.6. The van der Waals surface area contributed by atoms with Crippen molar-refractivity contribution in [1.82, 2.24) is 5.32 Å². The molecule has 0 unspecified atom stereocenters. The number of nitrogens with one attached hydrogen (secondary N) is 2. The summed E-state index contributed by atoms with van der Waals surface area (Å²) in [6, 6.07) is 11.7. The van der Waals surface area contributed by atoms with Crippen LogP contribution in [0.5, 0.6) is 11.5 Å². The highest BCUT2D eigenvalue weighted by molar-refractivity contribution is 6.09. The molecule has 0 aromatic heterocycles. The van der Waals surface area contributed by atoms with Gasteiger partial charge in [-0.2, -0.15) is 0 Å². The van der Waals surface area contributed by atoms with Crippen molar-refractivity contribution in [2.75, 3.05) is 39.8 Å². The van der Waals surface area contributed by atoms with Gasteiger partial charge in [-0.1, -0.05) is 12.1 Å². The van der Waals surface area contributed by atoms with Crippen molar-refractivity contribution < 1.29 is 23.8 Å². The second-order valence-corrected chi connectivity index (χ2v) is 5.67.